The van der Waals surface area contributed by atoms with E-state index in [0.29, 0.717) is 27.3 Å². The van der Waals surface area contributed by atoms with E-state index in [-0.39, 0.29) is 16.3 Å². The molecule has 4 rings (SSSR count). The van der Waals surface area contributed by atoms with Crippen molar-refractivity contribution in [2.75, 3.05) is 19.0 Å². The van der Waals surface area contributed by atoms with Gasteiger partial charge in [0.15, 0.2) is 0 Å². The third-order valence-corrected chi connectivity index (χ3v) is 6.74. The van der Waals surface area contributed by atoms with Gasteiger partial charge in [-0.15, -0.1) is 0 Å². The summed E-state index contributed by atoms with van der Waals surface area (Å²) in [7, 11) is 1.25. The lowest BCUT2D eigenvalue weighted by molar-refractivity contribution is -0.244. The van der Waals surface area contributed by atoms with Crippen molar-refractivity contribution in [3.8, 4) is 5.75 Å². The highest BCUT2D eigenvalue weighted by Gasteiger charge is 2.46. The number of nitrogens with zero attached hydrogens (tertiary/aromatic N) is 1. The lowest BCUT2D eigenvalue weighted by Gasteiger charge is -2.42. The van der Waals surface area contributed by atoms with Crippen LogP contribution in [0.3, 0.4) is 0 Å². The van der Waals surface area contributed by atoms with Crippen LogP contribution in [0.1, 0.15) is 17.3 Å². The molecule has 0 radical (unpaired) electrons. The van der Waals surface area contributed by atoms with Crippen LogP contribution in [0.15, 0.2) is 42.6 Å². The van der Waals surface area contributed by atoms with Crippen LogP contribution in [0.2, 0.25) is 10.0 Å². The fraction of sp³-hybridized carbons (Fsp3) is 0.320. The number of amides is 1. The van der Waals surface area contributed by atoms with E-state index in [1.54, 1.807) is 36.4 Å². The topological polar surface area (TPSA) is 159 Å². The van der Waals surface area contributed by atoms with Gasteiger partial charge in [-0.2, -0.15) is 0 Å². The van der Waals surface area contributed by atoms with E-state index in [1.807, 2.05) is 0 Å². The number of anilines is 2. The maximum atomic E-state index is 12.5. The minimum Gasteiger partial charge on any atom is -0.465 e. The van der Waals surface area contributed by atoms with Crippen molar-refractivity contribution in [2.24, 2.45) is 0 Å². The van der Waals surface area contributed by atoms with Crippen molar-refractivity contribution < 1.29 is 39.1 Å². The second kappa shape index (κ2) is 11.7. The largest absolute Gasteiger partial charge is 0.465 e. The Morgan fingerprint density at radius 1 is 1.16 bits per heavy atom. The zero-order valence-corrected chi connectivity index (χ0v) is 21.7. The molecule has 0 unspecified atom stereocenters. The quantitative estimate of drug-likeness (QED) is 0.269. The molecule has 13 heteroatoms. The number of benzene rings is 2. The number of rotatable bonds is 7. The average Bonchev–Trinajstić information content (AvgIpc) is 2.90. The maximum Gasteiger partial charge on any atom is 0.341 e. The second-order valence-electron chi connectivity index (χ2n) is 8.50. The summed E-state index contributed by atoms with van der Waals surface area (Å²) in [6.45, 7) is 0.667. The van der Waals surface area contributed by atoms with Crippen molar-refractivity contribution in [2.45, 2.75) is 37.6 Å². The molecular weight excluding hydrogens is 541 g/mol. The van der Waals surface area contributed by atoms with Crippen LogP contribution in [0, 0.1) is 0 Å². The van der Waals surface area contributed by atoms with Gasteiger partial charge in [-0.3, -0.25) is 9.78 Å². The van der Waals surface area contributed by atoms with Crippen LogP contribution in [-0.2, 0) is 14.3 Å². The molecule has 1 amide bonds. The highest BCUT2D eigenvalue weighted by molar-refractivity contribution is 6.45. The Bertz CT molecular complexity index is 1360. The molecule has 202 valence electrons. The summed E-state index contributed by atoms with van der Waals surface area (Å²) in [5.74, 6) is -0.846. The zero-order chi connectivity index (χ0) is 27.6. The Kier molecular flexibility index (Phi) is 8.56. The minimum atomic E-state index is -1.46. The summed E-state index contributed by atoms with van der Waals surface area (Å²) in [5.41, 5.74) is 1.37. The Morgan fingerprint density at radius 2 is 1.92 bits per heavy atom. The molecule has 1 saturated heterocycles. The van der Waals surface area contributed by atoms with E-state index < -0.39 is 49.1 Å². The van der Waals surface area contributed by atoms with E-state index in [1.165, 1.54) is 20.2 Å². The maximum absolute atomic E-state index is 12.5. The molecule has 38 heavy (non-hydrogen) atoms. The molecule has 0 bridgehead atoms. The molecular formula is C25H25Cl2N3O8. The molecule has 2 heterocycles. The van der Waals surface area contributed by atoms with Gasteiger partial charge in [0.25, 0.3) is 0 Å². The zero-order valence-electron chi connectivity index (χ0n) is 20.2. The lowest BCUT2D eigenvalue weighted by Crippen LogP contribution is -2.65. The summed E-state index contributed by atoms with van der Waals surface area (Å²) in [4.78, 5) is 28.5. The smallest absolute Gasteiger partial charge is 0.341 e. The van der Waals surface area contributed by atoms with Gasteiger partial charge in [0.1, 0.15) is 35.7 Å². The van der Waals surface area contributed by atoms with Crippen molar-refractivity contribution in [3.05, 3.63) is 58.2 Å². The molecule has 11 nitrogen and oxygen atoms in total. The van der Waals surface area contributed by atoms with Crippen LogP contribution in [0.25, 0.3) is 10.9 Å². The summed E-state index contributed by atoms with van der Waals surface area (Å²) >= 11 is 12.5. The number of pyridine rings is 1. The molecule has 5 N–H and O–H groups in total. The monoisotopic (exact) mass is 565 g/mol. The fourth-order valence-corrected chi connectivity index (χ4v) is 4.47. The number of hydrogen-bond acceptors (Lipinski definition) is 10. The Labute approximate surface area is 227 Å². The van der Waals surface area contributed by atoms with Crippen molar-refractivity contribution in [1.29, 1.82) is 0 Å². The van der Waals surface area contributed by atoms with Crippen molar-refractivity contribution in [3.63, 3.8) is 0 Å². The third kappa shape index (κ3) is 5.63. The van der Waals surface area contributed by atoms with E-state index in [2.05, 4.69) is 15.6 Å². The van der Waals surface area contributed by atoms with Crippen LogP contribution in [0.4, 0.5) is 11.4 Å². The number of carbonyl (C=O) groups is 2. The summed E-state index contributed by atoms with van der Waals surface area (Å²) in [6.07, 6.45) is -3.95. The van der Waals surface area contributed by atoms with Gasteiger partial charge >= 0.3 is 5.97 Å². The van der Waals surface area contributed by atoms with Crippen LogP contribution in [-0.4, -0.2) is 76.5 Å². The van der Waals surface area contributed by atoms with Gasteiger partial charge in [-0.1, -0.05) is 29.3 Å². The van der Waals surface area contributed by atoms with Gasteiger partial charge in [-0.25, -0.2) is 4.79 Å². The first-order chi connectivity index (χ1) is 18.1. The van der Waals surface area contributed by atoms with Crippen LogP contribution in [0.5, 0.6) is 5.75 Å². The van der Waals surface area contributed by atoms with E-state index in [0.717, 1.165) is 0 Å². The number of esters is 1. The Hall–Kier alpha value is -3.19. The molecule has 0 spiro atoms. The number of aliphatic hydroxyl groups excluding tert-OH is 3. The molecule has 0 aliphatic carbocycles. The highest BCUT2D eigenvalue weighted by atomic mass is 35.5. The highest BCUT2D eigenvalue weighted by Crippen LogP contribution is 2.37. The number of carbonyl (C=O) groups excluding carboxylic acids is 2. The van der Waals surface area contributed by atoms with Crippen LogP contribution >= 0.6 is 23.2 Å². The summed E-state index contributed by atoms with van der Waals surface area (Å²) in [5, 5.41) is 37.0. The SMILES string of the molecule is COC(=O)c1cnc2c(Cl)c(Cl)ccc2c1Nc1cccc(O[C@@H]2O[C@H](CO)[C@H](O)[C@@H](O)[C@@H]2NC(C)=O)c1. The number of ether oxygens (including phenoxy) is 3. The molecule has 1 aliphatic rings. The third-order valence-electron chi connectivity index (χ3n) is 5.94. The van der Waals surface area contributed by atoms with Gasteiger partial charge < -0.3 is 40.2 Å². The molecule has 1 aromatic heterocycles. The molecule has 2 aromatic carbocycles. The van der Waals surface area contributed by atoms with Gasteiger partial charge in [0.05, 0.1) is 35.0 Å². The number of aliphatic hydroxyl groups is 3. The number of halogens is 2. The summed E-state index contributed by atoms with van der Waals surface area (Å²) < 4.78 is 16.5. The predicted molar refractivity (Wildman–Crippen MR) is 139 cm³/mol. The Balaban J connectivity index is 1.68. The summed E-state index contributed by atoms with van der Waals surface area (Å²) in [6, 6.07) is 8.69. The number of methoxy groups -OCH3 is 1. The number of nitrogens with one attached hydrogen (secondary N) is 2. The fourth-order valence-electron chi connectivity index (χ4n) is 4.10. The molecule has 5 atom stereocenters. The van der Waals surface area contributed by atoms with Crippen LogP contribution < -0.4 is 15.4 Å². The minimum absolute atomic E-state index is 0.147. The predicted octanol–water partition coefficient (Wildman–Crippen LogP) is 2.39. The molecule has 1 fully saturated rings. The van der Waals surface area contributed by atoms with E-state index in [9.17, 15) is 24.9 Å². The molecule has 1 aliphatic heterocycles. The second-order valence-corrected chi connectivity index (χ2v) is 9.28. The van der Waals surface area contributed by atoms with Crippen molar-refractivity contribution in [1.82, 2.24) is 10.3 Å². The Morgan fingerprint density at radius 3 is 2.61 bits per heavy atom. The lowest BCUT2D eigenvalue weighted by atomic mass is 9.97. The normalized spacial score (nSPS) is 23.1. The van der Waals surface area contributed by atoms with E-state index in [4.69, 9.17) is 37.4 Å². The number of fused-ring (bicyclic) bond motifs is 1. The molecule has 3 aromatic rings. The number of aromatic nitrogens is 1. The van der Waals surface area contributed by atoms with E-state index >= 15 is 0 Å². The van der Waals surface area contributed by atoms with Gasteiger partial charge in [0.2, 0.25) is 12.2 Å². The first kappa shape index (κ1) is 27.8. The first-order valence-corrected chi connectivity index (χ1v) is 12.2. The first-order valence-electron chi connectivity index (χ1n) is 11.4. The average molecular weight is 566 g/mol. The molecule has 0 saturated carbocycles. The van der Waals surface area contributed by atoms with Crippen molar-refractivity contribution >= 4 is 57.4 Å². The van der Waals surface area contributed by atoms with Gasteiger partial charge in [0, 0.05) is 30.3 Å². The standard InChI is InChI=1S/C25H25Cl2N3O8/c1-11(32)29-21-23(34)22(33)17(10-31)38-25(21)37-13-5-3-4-12(8-13)30-19-14-6-7-16(26)18(27)20(14)28-9-15(19)24(35)36-2/h3-9,17,21-23,25,31,33-34H,10H2,1-2H3,(H,28,30)(H,29,32)/t17-,21+,22+,23+,25-/m1/s1. The number of hydrogen-bond donors (Lipinski definition) is 5. The van der Waals surface area contributed by atoms with Gasteiger partial charge in [-0.05, 0) is 24.3 Å².